The molecule has 3 N–H and O–H groups in total. The SMILES string of the molecule is Cc1ccsc1C(=O)NC(C)(CN)C(C)C.Cl. The summed E-state index contributed by atoms with van der Waals surface area (Å²) in [5.41, 5.74) is 6.42. The Hall–Kier alpha value is -0.580. The highest BCUT2D eigenvalue weighted by atomic mass is 35.5. The Morgan fingerprint density at radius 1 is 1.59 bits per heavy atom. The topological polar surface area (TPSA) is 55.1 Å². The van der Waals surface area contributed by atoms with E-state index in [1.165, 1.54) is 11.3 Å². The number of halogens is 1. The van der Waals surface area contributed by atoms with E-state index in [9.17, 15) is 4.79 Å². The van der Waals surface area contributed by atoms with Crippen LogP contribution in [0.25, 0.3) is 0 Å². The minimum absolute atomic E-state index is 0. The number of carbonyl (C=O) groups excluding carboxylic acids is 1. The Bertz CT molecular complexity index is 378. The Morgan fingerprint density at radius 2 is 2.18 bits per heavy atom. The molecule has 0 radical (unpaired) electrons. The van der Waals surface area contributed by atoms with Crippen LogP contribution in [0.1, 0.15) is 36.0 Å². The highest BCUT2D eigenvalue weighted by molar-refractivity contribution is 7.12. The average molecular weight is 277 g/mol. The standard InChI is InChI=1S/C12H20N2OS.ClH/c1-8(2)12(4,7-13)14-11(15)10-9(3)5-6-16-10;/h5-6,8H,7,13H2,1-4H3,(H,14,15);1H. The summed E-state index contributed by atoms with van der Waals surface area (Å²) in [5, 5.41) is 4.96. The first kappa shape index (κ1) is 16.4. The maximum atomic E-state index is 12.0. The number of rotatable bonds is 4. The van der Waals surface area contributed by atoms with Gasteiger partial charge in [0.2, 0.25) is 0 Å². The van der Waals surface area contributed by atoms with Crippen LogP contribution in [0, 0.1) is 12.8 Å². The van der Waals surface area contributed by atoms with Crippen molar-refractivity contribution in [3.8, 4) is 0 Å². The summed E-state index contributed by atoms with van der Waals surface area (Å²) < 4.78 is 0. The van der Waals surface area contributed by atoms with Gasteiger partial charge in [0.1, 0.15) is 0 Å². The van der Waals surface area contributed by atoms with Gasteiger partial charge in [-0.15, -0.1) is 23.7 Å². The number of thiophene rings is 1. The summed E-state index contributed by atoms with van der Waals surface area (Å²) in [7, 11) is 0. The maximum absolute atomic E-state index is 12.0. The molecule has 1 atom stereocenters. The molecular weight excluding hydrogens is 256 g/mol. The molecule has 1 amide bonds. The third-order valence-corrected chi connectivity index (χ3v) is 4.18. The van der Waals surface area contributed by atoms with Crippen LogP contribution < -0.4 is 11.1 Å². The van der Waals surface area contributed by atoms with E-state index in [-0.39, 0.29) is 23.9 Å². The van der Waals surface area contributed by atoms with Gasteiger partial charge in [-0.25, -0.2) is 0 Å². The second kappa shape index (κ2) is 6.38. The number of carbonyl (C=O) groups is 1. The molecule has 17 heavy (non-hydrogen) atoms. The number of hydrogen-bond acceptors (Lipinski definition) is 3. The first-order valence-corrected chi connectivity index (χ1v) is 6.35. The largest absolute Gasteiger partial charge is 0.345 e. The summed E-state index contributed by atoms with van der Waals surface area (Å²) in [6.07, 6.45) is 0. The summed E-state index contributed by atoms with van der Waals surface area (Å²) in [6.45, 7) is 8.50. The monoisotopic (exact) mass is 276 g/mol. The van der Waals surface area contributed by atoms with E-state index in [1.807, 2.05) is 25.3 Å². The molecule has 5 heteroatoms. The van der Waals surface area contributed by atoms with Gasteiger partial charge < -0.3 is 11.1 Å². The van der Waals surface area contributed by atoms with Gasteiger partial charge in [0.05, 0.1) is 10.4 Å². The van der Waals surface area contributed by atoms with Crippen LogP contribution in [0.15, 0.2) is 11.4 Å². The number of nitrogens with one attached hydrogen (secondary N) is 1. The van der Waals surface area contributed by atoms with Gasteiger partial charge in [-0.2, -0.15) is 0 Å². The normalized spacial score (nSPS) is 14.0. The van der Waals surface area contributed by atoms with E-state index in [1.54, 1.807) is 0 Å². The van der Waals surface area contributed by atoms with Gasteiger partial charge in [0, 0.05) is 6.54 Å². The zero-order valence-electron chi connectivity index (χ0n) is 10.7. The molecule has 0 aliphatic heterocycles. The highest BCUT2D eigenvalue weighted by Crippen LogP contribution is 2.19. The van der Waals surface area contributed by atoms with Crippen molar-refractivity contribution in [2.75, 3.05) is 6.54 Å². The summed E-state index contributed by atoms with van der Waals surface area (Å²) in [6, 6.07) is 1.95. The van der Waals surface area contributed by atoms with Gasteiger partial charge in [0.25, 0.3) is 5.91 Å². The molecule has 1 unspecified atom stereocenters. The van der Waals surface area contributed by atoms with E-state index in [2.05, 4.69) is 19.2 Å². The molecule has 1 rings (SSSR count). The third kappa shape index (κ3) is 3.69. The molecule has 1 aromatic rings. The second-order valence-electron chi connectivity index (χ2n) is 4.66. The molecule has 1 heterocycles. The molecule has 1 aromatic heterocycles. The van der Waals surface area contributed by atoms with Crippen molar-refractivity contribution < 1.29 is 4.79 Å². The van der Waals surface area contributed by atoms with E-state index in [4.69, 9.17) is 5.73 Å². The van der Waals surface area contributed by atoms with Crippen molar-refractivity contribution in [2.45, 2.75) is 33.2 Å². The average Bonchev–Trinajstić information content (AvgIpc) is 2.64. The number of nitrogens with two attached hydrogens (primary N) is 1. The smallest absolute Gasteiger partial charge is 0.262 e. The summed E-state index contributed by atoms with van der Waals surface area (Å²) in [4.78, 5) is 12.8. The van der Waals surface area contributed by atoms with Crippen molar-refractivity contribution in [1.29, 1.82) is 0 Å². The van der Waals surface area contributed by atoms with Crippen LogP contribution in [-0.4, -0.2) is 18.0 Å². The Labute approximate surface area is 113 Å². The zero-order valence-corrected chi connectivity index (χ0v) is 12.4. The highest BCUT2D eigenvalue weighted by Gasteiger charge is 2.29. The first-order valence-electron chi connectivity index (χ1n) is 5.47. The Morgan fingerprint density at radius 3 is 2.53 bits per heavy atom. The van der Waals surface area contributed by atoms with Crippen molar-refractivity contribution in [3.63, 3.8) is 0 Å². The van der Waals surface area contributed by atoms with E-state index < -0.39 is 0 Å². The van der Waals surface area contributed by atoms with E-state index >= 15 is 0 Å². The molecule has 0 spiro atoms. The predicted molar refractivity (Wildman–Crippen MR) is 76.1 cm³/mol. The van der Waals surface area contributed by atoms with Crippen molar-refractivity contribution in [1.82, 2.24) is 5.32 Å². The molecule has 98 valence electrons. The van der Waals surface area contributed by atoms with Gasteiger partial charge in [0.15, 0.2) is 0 Å². The third-order valence-electron chi connectivity index (χ3n) is 3.17. The molecular formula is C12H21ClN2OS. The molecule has 0 saturated carbocycles. The summed E-state index contributed by atoms with van der Waals surface area (Å²) in [5.74, 6) is 0.288. The Kier molecular flexibility index (Phi) is 6.16. The van der Waals surface area contributed by atoms with Crippen LogP contribution in [-0.2, 0) is 0 Å². The lowest BCUT2D eigenvalue weighted by atomic mass is 9.88. The fourth-order valence-corrected chi connectivity index (χ4v) is 2.17. The van der Waals surface area contributed by atoms with E-state index in [0.29, 0.717) is 12.5 Å². The van der Waals surface area contributed by atoms with Crippen molar-refractivity contribution in [2.24, 2.45) is 11.7 Å². The predicted octanol–water partition coefficient (Wildman–Crippen LogP) is 2.58. The van der Waals surface area contributed by atoms with Crippen LogP contribution >= 0.6 is 23.7 Å². The fourth-order valence-electron chi connectivity index (χ4n) is 1.35. The van der Waals surface area contributed by atoms with Crippen molar-refractivity contribution in [3.05, 3.63) is 21.9 Å². The Balaban J connectivity index is 0.00000256. The lowest BCUT2D eigenvalue weighted by molar-refractivity contribution is 0.0887. The lowest BCUT2D eigenvalue weighted by Crippen LogP contribution is -2.54. The lowest BCUT2D eigenvalue weighted by Gasteiger charge is -2.33. The van der Waals surface area contributed by atoms with Gasteiger partial charge in [-0.05, 0) is 36.8 Å². The molecule has 0 aliphatic carbocycles. The van der Waals surface area contributed by atoms with Crippen LogP contribution in [0.2, 0.25) is 0 Å². The van der Waals surface area contributed by atoms with E-state index in [0.717, 1.165) is 10.4 Å². The number of aryl methyl sites for hydroxylation is 1. The maximum Gasteiger partial charge on any atom is 0.262 e. The molecule has 3 nitrogen and oxygen atoms in total. The fraction of sp³-hybridized carbons (Fsp3) is 0.583. The van der Waals surface area contributed by atoms with Gasteiger partial charge in [-0.3, -0.25) is 4.79 Å². The second-order valence-corrected chi connectivity index (χ2v) is 5.58. The molecule has 0 aliphatic rings. The first-order chi connectivity index (χ1) is 7.40. The molecule has 0 bridgehead atoms. The minimum Gasteiger partial charge on any atom is -0.345 e. The van der Waals surface area contributed by atoms with Crippen LogP contribution in [0.3, 0.4) is 0 Å². The van der Waals surface area contributed by atoms with Crippen LogP contribution in [0.4, 0.5) is 0 Å². The van der Waals surface area contributed by atoms with Gasteiger partial charge >= 0.3 is 0 Å². The number of amides is 1. The summed E-state index contributed by atoms with van der Waals surface area (Å²) >= 11 is 1.47. The molecule has 0 saturated heterocycles. The van der Waals surface area contributed by atoms with Crippen molar-refractivity contribution >= 4 is 29.7 Å². The minimum atomic E-state index is -0.340. The zero-order chi connectivity index (χ0) is 12.3. The van der Waals surface area contributed by atoms with Crippen LogP contribution in [0.5, 0.6) is 0 Å². The quantitative estimate of drug-likeness (QED) is 0.888. The van der Waals surface area contributed by atoms with Gasteiger partial charge in [-0.1, -0.05) is 13.8 Å². The molecule has 0 fully saturated rings. The molecule has 0 aromatic carbocycles. The number of hydrogen-bond donors (Lipinski definition) is 2.